The maximum absolute atomic E-state index is 14.8. The lowest BCUT2D eigenvalue weighted by atomic mass is 9.84. The number of amides is 4. The third-order valence-corrected chi connectivity index (χ3v) is 12.9. The van der Waals surface area contributed by atoms with Crippen molar-refractivity contribution >= 4 is 44.2 Å². The Hall–Kier alpha value is -4.41. The van der Waals surface area contributed by atoms with Gasteiger partial charge in [-0.3, -0.25) is 19.2 Å². The highest BCUT2D eigenvalue weighted by atomic mass is 32.2. The number of primary amides is 1. The number of nitrogens with zero attached hydrogens (tertiary/aromatic N) is 4. The lowest BCUT2D eigenvalue weighted by Crippen LogP contribution is -2.67. The summed E-state index contributed by atoms with van der Waals surface area (Å²) in [6.45, 7) is 3.07. The van der Waals surface area contributed by atoms with Crippen LogP contribution in [0.4, 0.5) is 0 Å². The van der Waals surface area contributed by atoms with E-state index < -0.39 is 74.6 Å². The van der Waals surface area contributed by atoms with Gasteiger partial charge < -0.3 is 31.5 Å². The molecule has 2 aromatic carbocycles. The third-order valence-electron chi connectivity index (χ3n) is 11.0. The van der Waals surface area contributed by atoms with Crippen LogP contribution in [-0.2, 0) is 29.8 Å². The average molecular weight is 752 g/mol. The zero-order chi connectivity index (χ0) is 38.1. The van der Waals surface area contributed by atoms with Gasteiger partial charge in [-0.15, -0.1) is 5.10 Å². The summed E-state index contributed by atoms with van der Waals surface area (Å²) in [7, 11) is -3.78. The Kier molecular flexibility index (Phi) is 10.9. The molecule has 1 saturated carbocycles. The van der Waals surface area contributed by atoms with E-state index in [1.807, 2.05) is 30.3 Å². The molecule has 53 heavy (non-hydrogen) atoms. The largest absolute Gasteiger partial charge is 0.384 e. The van der Waals surface area contributed by atoms with Gasteiger partial charge in [0.15, 0.2) is 15.9 Å². The second kappa shape index (κ2) is 15.1. The second-order valence-corrected chi connectivity index (χ2v) is 17.7. The van der Waals surface area contributed by atoms with Gasteiger partial charge >= 0.3 is 0 Å². The van der Waals surface area contributed by atoms with Crippen LogP contribution in [0.3, 0.4) is 0 Å². The van der Waals surface area contributed by atoms with E-state index in [-0.39, 0.29) is 37.5 Å². The number of aromatic nitrogens is 3. The van der Waals surface area contributed by atoms with Crippen molar-refractivity contribution in [3.63, 3.8) is 0 Å². The number of aliphatic hydroxyl groups excluding tert-OH is 1. The summed E-state index contributed by atoms with van der Waals surface area (Å²) in [6.07, 6.45) is 4.61. The normalized spacial score (nSPS) is 24.7. The predicted molar refractivity (Wildman–Crippen MR) is 195 cm³/mol. The van der Waals surface area contributed by atoms with E-state index >= 15 is 0 Å². The molecular formula is C37H49N7O8S. The number of rotatable bonds is 11. The summed E-state index contributed by atoms with van der Waals surface area (Å²) in [5.74, 6) is -3.69. The van der Waals surface area contributed by atoms with Gasteiger partial charge in [-0.25, -0.2) is 13.1 Å². The number of sulfone groups is 1. The molecule has 286 valence electrons. The Labute approximate surface area is 308 Å². The fraction of sp³-hybridized carbons (Fsp3) is 0.568. The van der Waals surface area contributed by atoms with Gasteiger partial charge in [0.05, 0.1) is 35.0 Å². The minimum Gasteiger partial charge on any atom is -0.384 e. The molecular weight excluding hydrogens is 703 g/mol. The molecule has 3 aliphatic rings. The number of aliphatic hydroxyl groups is 2. The van der Waals surface area contributed by atoms with Gasteiger partial charge in [0.2, 0.25) is 17.7 Å². The second-order valence-electron chi connectivity index (χ2n) is 15.5. The predicted octanol–water partition coefficient (Wildman–Crippen LogP) is 1.48. The van der Waals surface area contributed by atoms with Crippen molar-refractivity contribution in [3.05, 3.63) is 59.9 Å². The fourth-order valence-corrected chi connectivity index (χ4v) is 10.2. The van der Waals surface area contributed by atoms with E-state index in [4.69, 9.17) is 5.73 Å². The molecule has 1 aromatic heterocycles. The molecule has 0 bridgehead atoms. The lowest BCUT2D eigenvalue weighted by molar-refractivity contribution is -0.142. The Morgan fingerprint density at radius 3 is 2.45 bits per heavy atom. The van der Waals surface area contributed by atoms with E-state index in [9.17, 15) is 37.8 Å². The van der Waals surface area contributed by atoms with Crippen LogP contribution >= 0.6 is 0 Å². The summed E-state index contributed by atoms with van der Waals surface area (Å²) < 4.78 is 27.1. The minimum absolute atomic E-state index is 0.0196. The fourth-order valence-electron chi connectivity index (χ4n) is 8.31. The maximum Gasteiger partial charge on any atom is 0.251 e. The van der Waals surface area contributed by atoms with Crippen LogP contribution in [0.2, 0.25) is 0 Å². The van der Waals surface area contributed by atoms with Gasteiger partial charge in [-0.1, -0.05) is 67.6 Å². The van der Waals surface area contributed by atoms with Crippen LogP contribution in [0, 0.1) is 5.92 Å². The van der Waals surface area contributed by atoms with E-state index in [2.05, 4.69) is 20.9 Å². The van der Waals surface area contributed by atoms with E-state index in [0.29, 0.717) is 17.7 Å². The van der Waals surface area contributed by atoms with Crippen LogP contribution in [0.25, 0.3) is 10.8 Å². The average Bonchev–Trinajstić information content (AvgIpc) is 3.79. The summed E-state index contributed by atoms with van der Waals surface area (Å²) in [5.41, 5.74) is 2.89. The number of likely N-dealkylation sites (tertiary alicyclic amines) is 1. The molecule has 2 saturated heterocycles. The number of nitrogens with one attached hydrogen (secondary N) is 2. The molecule has 5 atom stereocenters. The van der Waals surface area contributed by atoms with E-state index in [1.165, 1.54) is 15.8 Å². The molecule has 1 aliphatic carbocycles. The molecule has 6 N–H and O–H groups in total. The molecule has 0 radical (unpaired) electrons. The Morgan fingerprint density at radius 2 is 1.77 bits per heavy atom. The van der Waals surface area contributed by atoms with Crippen LogP contribution < -0.4 is 16.4 Å². The first-order chi connectivity index (χ1) is 25.1. The highest BCUT2D eigenvalue weighted by Crippen LogP contribution is 2.35. The number of carbonyl (C=O) groups excluding carboxylic acids is 4. The van der Waals surface area contributed by atoms with Gasteiger partial charge in [0.1, 0.15) is 17.7 Å². The molecule has 3 aromatic rings. The number of hydrogen-bond acceptors (Lipinski definition) is 10. The number of benzene rings is 2. The zero-order valence-electron chi connectivity index (χ0n) is 30.1. The van der Waals surface area contributed by atoms with Crippen LogP contribution in [0.15, 0.2) is 48.7 Å². The van der Waals surface area contributed by atoms with Gasteiger partial charge in [0.25, 0.3) is 5.91 Å². The van der Waals surface area contributed by atoms with Crippen LogP contribution in [-0.4, -0.2) is 104 Å². The van der Waals surface area contributed by atoms with Crippen molar-refractivity contribution in [2.24, 2.45) is 11.7 Å². The third kappa shape index (κ3) is 8.39. The molecule has 0 spiro atoms. The van der Waals surface area contributed by atoms with Gasteiger partial charge in [-0.05, 0) is 61.9 Å². The topological polar surface area (TPSA) is 227 Å². The summed E-state index contributed by atoms with van der Waals surface area (Å²) >= 11 is 0. The molecule has 15 nitrogen and oxygen atoms in total. The Morgan fingerprint density at radius 1 is 1.06 bits per heavy atom. The van der Waals surface area contributed by atoms with Crippen molar-refractivity contribution < 1.29 is 37.8 Å². The van der Waals surface area contributed by atoms with Crippen LogP contribution in [0.5, 0.6) is 0 Å². The molecule has 6 rings (SSSR count). The zero-order valence-corrected chi connectivity index (χ0v) is 30.9. The Balaban J connectivity index is 1.35. The van der Waals surface area contributed by atoms with Crippen molar-refractivity contribution in [1.82, 2.24) is 30.5 Å². The molecule has 16 heteroatoms. The first-order valence-electron chi connectivity index (χ1n) is 18.3. The SMILES string of the molecule is CC(C)(O)c1cnnn1[C@H]1C[C@@H](C(=O)NC2(C(O)C(N)=O)CCCS(=O)(=O)C2)N(C(=O)C(CC2CCCCC2)NC(=O)c2ccc3ccccc3c2)C1. The van der Waals surface area contributed by atoms with Gasteiger partial charge in [-0.2, -0.15) is 0 Å². The summed E-state index contributed by atoms with van der Waals surface area (Å²) in [5, 5.41) is 37.5. The molecule has 4 amide bonds. The Bertz CT molecular complexity index is 1970. The van der Waals surface area contributed by atoms with Crippen molar-refractivity contribution in [3.8, 4) is 0 Å². The maximum atomic E-state index is 14.8. The monoisotopic (exact) mass is 751 g/mol. The van der Waals surface area contributed by atoms with Crippen LogP contribution in [0.1, 0.15) is 93.7 Å². The number of carbonyl (C=O) groups is 4. The molecule has 2 aliphatic heterocycles. The highest BCUT2D eigenvalue weighted by molar-refractivity contribution is 7.91. The lowest BCUT2D eigenvalue weighted by Gasteiger charge is -2.41. The minimum atomic E-state index is -3.78. The van der Waals surface area contributed by atoms with Crippen molar-refractivity contribution in [2.75, 3.05) is 18.1 Å². The smallest absolute Gasteiger partial charge is 0.251 e. The summed E-state index contributed by atoms with van der Waals surface area (Å²) in [4.78, 5) is 56.7. The standard InChI is InChI=1S/C37H49N7O8S/c1-36(2,50)30-20-39-42-44(30)27-19-29(34(48)41-37(31(45)32(38)46)15-8-16-53(51,52)22-37)43(21-27)35(49)28(17-23-9-4-3-5-10-23)40-33(47)26-14-13-24-11-6-7-12-25(24)18-26/h6-7,11-14,18,20,23,27-29,31,45,50H,3-5,8-10,15-17,19,21-22H2,1-2H3,(H2,38,46)(H,40,47)(H,41,48)/t27-,28?,29-,31?,37?/m0/s1. The molecule has 3 fully saturated rings. The first-order valence-corrected chi connectivity index (χ1v) is 20.1. The number of hydrogen-bond donors (Lipinski definition) is 5. The van der Waals surface area contributed by atoms with E-state index in [1.54, 1.807) is 26.0 Å². The quantitative estimate of drug-likeness (QED) is 0.190. The molecule has 3 unspecified atom stereocenters. The van der Waals surface area contributed by atoms with Gasteiger partial charge in [0, 0.05) is 18.5 Å². The highest BCUT2D eigenvalue weighted by Gasteiger charge is 2.51. The van der Waals surface area contributed by atoms with E-state index in [0.717, 1.165) is 42.9 Å². The van der Waals surface area contributed by atoms with Crippen molar-refractivity contribution in [1.29, 1.82) is 0 Å². The number of nitrogens with two attached hydrogens (primary N) is 1. The summed E-state index contributed by atoms with van der Waals surface area (Å²) in [6, 6.07) is 10.0. The van der Waals surface area contributed by atoms with Crippen molar-refractivity contribution in [2.45, 2.75) is 107 Å². The number of fused-ring (bicyclic) bond motifs is 1. The molecule has 3 heterocycles. The first kappa shape index (κ1) is 38.3.